The average molecular weight is 375 g/mol. The molecular weight excluding hydrogens is 365 g/mol. The summed E-state index contributed by atoms with van der Waals surface area (Å²) in [6.45, 7) is 0. The number of hydrogen-bond acceptors (Lipinski definition) is 3. The molecule has 2 aromatic rings. The van der Waals surface area contributed by atoms with Crippen molar-refractivity contribution in [2.24, 2.45) is 5.14 Å². The fraction of sp³-hybridized carbons (Fsp3) is 0. The minimum absolute atomic E-state index is 0.0672. The molecule has 0 amide bonds. The maximum absolute atomic E-state index is 11.1. The Kier molecular flexibility index (Phi) is 3.88. The van der Waals surface area contributed by atoms with Crippen molar-refractivity contribution < 1.29 is 13.2 Å². The average Bonchev–Trinajstić information content (AvgIpc) is 2.32. The number of ether oxygens (including phenoxy) is 1. The number of nitrogens with two attached hydrogens (primary N) is 1. The van der Waals surface area contributed by atoms with Gasteiger partial charge in [0.1, 0.15) is 11.5 Å². The van der Waals surface area contributed by atoms with Gasteiger partial charge in [-0.3, -0.25) is 0 Å². The first kappa shape index (κ1) is 13.3. The molecule has 0 radical (unpaired) electrons. The van der Waals surface area contributed by atoms with Crippen molar-refractivity contribution in [3.63, 3.8) is 0 Å². The Bertz CT molecular complexity index is 653. The van der Waals surface area contributed by atoms with Gasteiger partial charge in [-0.05, 0) is 59.0 Å². The smallest absolute Gasteiger partial charge is 0.238 e. The van der Waals surface area contributed by atoms with Gasteiger partial charge in [0.15, 0.2) is 0 Å². The summed E-state index contributed by atoms with van der Waals surface area (Å²) < 4.78 is 28.8. The second-order valence-electron chi connectivity index (χ2n) is 3.55. The summed E-state index contributed by atoms with van der Waals surface area (Å²) in [6, 6.07) is 13.5. The van der Waals surface area contributed by atoms with Gasteiger partial charge in [0, 0.05) is 0 Å². The molecule has 0 saturated heterocycles. The van der Waals surface area contributed by atoms with Crippen LogP contribution in [0.2, 0.25) is 0 Å². The Morgan fingerprint density at radius 3 is 2.17 bits per heavy atom. The normalized spacial score (nSPS) is 11.2. The fourth-order valence-electron chi connectivity index (χ4n) is 1.35. The summed E-state index contributed by atoms with van der Waals surface area (Å²) >= 11 is 2.17. The van der Waals surface area contributed by atoms with E-state index < -0.39 is 10.0 Å². The standard InChI is InChI=1S/C12H10INO3S/c13-11-3-1-2-4-12(11)17-9-5-7-10(8-6-9)18(14,15)16/h1-8H,(H2,14,15,16). The zero-order chi connectivity index (χ0) is 13.2. The summed E-state index contributed by atoms with van der Waals surface area (Å²) in [5.74, 6) is 1.29. The van der Waals surface area contributed by atoms with Gasteiger partial charge in [-0.25, -0.2) is 13.6 Å². The summed E-state index contributed by atoms with van der Waals surface area (Å²) in [4.78, 5) is 0.0672. The molecule has 0 heterocycles. The second kappa shape index (κ2) is 5.25. The van der Waals surface area contributed by atoms with E-state index in [0.29, 0.717) is 5.75 Å². The predicted octanol–water partition coefficient (Wildman–Crippen LogP) is 2.73. The van der Waals surface area contributed by atoms with Crippen molar-refractivity contribution >= 4 is 32.6 Å². The number of primary sulfonamides is 1. The highest BCUT2D eigenvalue weighted by Crippen LogP contribution is 2.26. The highest BCUT2D eigenvalue weighted by molar-refractivity contribution is 14.1. The summed E-state index contributed by atoms with van der Waals surface area (Å²) in [5, 5.41) is 5.01. The van der Waals surface area contributed by atoms with Gasteiger partial charge < -0.3 is 4.74 Å². The van der Waals surface area contributed by atoms with Crippen molar-refractivity contribution in [2.45, 2.75) is 4.90 Å². The van der Waals surface area contributed by atoms with Gasteiger partial charge in [-0.15, -0.1) is 0 Å². The number of hydrogen-bond donors (Lipinski definition) is 1. The molecule has 6 heteroatoms. The molecule has 2 aromatic carbocycles. The molecule has 0 spiro atoms. The zero-order valence-corrected chi connectivity index (χ0v) is 12.2. The Morgan fingerprint density at radius 2 is 1.61 bits per heavy atom. The molecule has 18 heavy (non-hydrogen) atoms. The van der Waals surface area contributed by atoms with Crippen LogP contribution >= 0.6 is 22.6 Å². The van der Waals surface area contributed by atoms with Crippen molar-refractivity contribution in [3.8, 4) is 11.5 Å². The van der Waals surface area contributed by atoms with E-state index in [-0.39, 0.29) is 4.90 Å². The van der Waals surface area contributed by atoms with E-state index in [0.717, 1.165) is 9.32 Å². The predicted molar refractivity (Wildman–Crippen MR) is 77.0 cm³/mol. The Hall–Kier alpha value is -1.12. The molecule has 0 atom stereocenters. The Balaban J connectivity index is 2.24. The molecule has 4 nitrogen and oxygen atoms in total. The van der Waals surface area contributed by atoms with Crippen LogP contribution in [-0.4, -0.2) is 8.42 Å². The molecule has 0 aliphatic rings. The minimum Gasteiger partial charge on any atom is -0.456 e. The van der Waals surface area contributed by atoms with Gasteiger partial charge in [0.05, 0.1) is 8.47 Å². The lowest BCUT2D eigenvalue weighted by Gasteiger charge is -2.07. The quantitative estimate of drug-likeness (QED) is 0.839. The van der Waals surface area contributed by atoms with E-state index in [9.17, 15) is 8.42 Å². The largest absolute Gasteiger partial charge is 0.456 e. The van der Waals surface area contributed by atoms with Crippen LogP contribution in [0.5, 0.6) is 11.5 Å². The van der Waals surface area contributed by atoms with Gasteiger partial charge in [0.25, 0.3) is 0 Å². The van der Waals surface area contributed by atoms with E-state index >= 15 is 0 Å². The molecule has 2 rings (SSSR count). The number of para-hydroxylation sites is 1. The van der Waals surface area contributed by atoms with Crippen molar-refractivity contribution in [2.75, 3.05) is 0 Å². The first-order valence-electron chi connectivity index (χ1n) is 5.02. The summed E-state index contributed by atoms with van der Waals surface area (Å²) in [7, 11) is -3.66. The minimum atomic E-state index is -3.66. The van der Waals surface area contributed by atoms with Crippen LogP contribution in [0, 0.1) is 3.57 Å². The molecule has 94 valence electrons. The third-order valence-corrected chi connectivity index (χ3v) is 4.04. The molecule has 0 unspecified atom stereocenters. The van der Waals surface area contributed by atoms with Gasteiger partial charge in [-0.1, -0.05) is 12.1 Å². The fourth-order valence-corrected chi connectivity index (χ4v) is 2.36. The third-order valence-electron chi connectivity index (χ3n) is 2.22. The highest BCUT2D eigenvalue weighted by atomic mass is 127. The molecule has 0 aromatic heterocycles. The Morgan fingerprint density at radius 1 is 1.00 bits per heavy atom. The highest BCUT2D eigenvalue weighted by Gasteiger charge is 2.07. The lowest BCUT2D eigenvalue weighted by atomic mass is 10.3. The third kappa shape index (κ3) is 3.21. The van der Waals surface area contributed by atoms with Gasteiger partial charge in [-0.2, -0.15) is 0 Å². The SMILES string of the molecule is NS(=O)(=O)c1ccc(Oc2ccccc2I)cc1. The van der Waals surface area contributed by atoms with Crippen molar-refractivity contribution in [1.29, 1.82) is 0 Å². The summed E-state index contributed by atoms with van der Waals surface area (Å²) in [6.07, 6.45) is 0. The maximum Gasteiger partial charge on any atom is 0.238 e. The van der Waals surface area contributed by atoms with Gasteiger partial charge in [0.2, 0.25) is 10.0 Å². The van der Waals surface area contributed by atoms with Crippen LogP contribution in [0.4, 0.5) is 0 Å². The van der Waals surface area contributed by atoms with E-state index in [1.165, 1.54) is 12.1 Å². The van der Waals surface area contributed by atoms with Gasteiger partial charge >= 0.3 is 0 Å². The molecule has 0 bridgehead atoms. The number of halogens is 1. The number of sulfonamides is 1. The molecule has 2 N–H and O–H groups in total. The zero-order valence-electron chi connectivity index (χ0n) is 9.21. The van der Waals surface area contributed by atoms with Crippen molar-refractivity contribution in [1.82, 2.24) is 0 Å². The van der Waals surface area contributed by atoms with Crippen LogP contribution in [0.3, 0.4) is 0 Å². The summed E-state index contributed by atoms with van der Waals surface area (Å²) in [5.41, 5.74) is 0. The van der Waals surface area contributed by atoms with E-state index in [1.807, 2.05) is 24.3 Å². The van der Waals surface area contributed by atoms with Crippen LogP contribution in [0.1, 0.15) is 0 Å². The molecule has 0 fully saturated rings. The molecule has 0 aliphatic heterocycles. The maximum atomic E-state index is 11.1. The topological polar surface area (TPSA) is 69.4 Å². The number of rotatable bonds is 3. The van der Waals surface area contributed by atoms with E-state index in [2.05, 4.69) is 22.6 Å². The van der Waals surface area contributed by atoms with Crippen LogP contribution in [0.25, 0.3) is 0 Å². The molecule has 0 aliphatic carbocycles. The molecular formula is C12H10INO3S. The Labute approximate surface area is 119 Å². The lowest BCUT2D eigenvalue weighted by Crippen LogP contribution is -2.11. The monoisotopic (exact) mass is 375 g/mol. The first-order valence-corrected chi connectivity index (χ1v) is 7.64. The van der Waals surface area contributed by atoms with E-state index in [1.54, 1.807) is 12.1 Å². The van der Waals surface area contributed by atoms with Crippen LogP contribution in [0.15, 0.2) is 53.4 Å². The van der Waals surface area contributed by atoms with Crippen molar-refractivity contribution in [3.05, 3.63) is 52.1 Å². The van der Waals surface area contributed by atoms with Crippen LogP contribution in [-0.2, 0) is 10.0 Å². The van der Waals surface area contributed by atoms with Crippen LogP contribution < -0.4 is 9.88 Å². The first-order chi connectivity index (χ1) is 8.47. The second-order valence-corrected chi connectivity index (χ2v) is 6.27. The lowest BCUT2D eigenvalue weighted by molar-refractivity contribution is 0.479. The number of benzene rings is 2. The molecule has 0 saturated carbocycles. The van der Waals surface area contributed by atoms with E-state index in [4.69, 9.17) is 9.88 Å².